The number of amides is 3. The largest absolute Gasteiger partial charge is 0.350 e. The van der Waals surface area contributed by atoms with Gasteiger partial charge in [-0.2, -0.15) is 5.10 Å². The number of nitrogens with zero attached hydrogens (tertiary/aromatic N) is 3. The van der Waals surface area contributed by atoms with Gasteiger partial charge in [0, 0.05) is 43.0 Å². The summed E-state index contributed by atoms with van der Waals surface area (Å²) in [5, 5.41) is 10.9. The molecule has 3 rings (SSSR count). The Morgan fingerprint density at radius 3 is 2.55 bits per heavy atom. The molecule has 2 N–H and O–H groups in total. The van der Waals surface area contributed by atoms with Crippen molar-refractivity contribution in [1.82, 2.24) is 20.0 Å². The maximum atomic E-state index is 12.4. The number of nitrogens with one attached hydrogen (secondary N) is 2. The first kappa shape index (κ1) is 22.9. The zero-order valence-electron chi connectivity index (χ0n) is 18.3. The summed E-state index contributed by atoms with van der Waals surface area (Å²) in [5.74, 6) is 0.261. The van der Waals surface area contributed by atoms with Crippen molar-refractivity contribution < 1.29 is 9.59 Å². The van der Waals surface area contributed by atoms with Gasteiger partial charge in [0.2, 0.25) is 5.91 Å². The van der Waals surface area contributed by atoms with Gasteiger partial charge in [0.05, 0.1) is 5.69 Å². The van der Waals surface area contributed by atoms with Crippen molar-refractivity contribution in [2.75, 3.05) is 18.4 Å². The number of urea groups is 1. The number of benzene rings is 1. The Hall–Kier alpha value is -2.80. The van der Waals surface area contributed by atoms with E-state index in [1.807, 2.05) is 37.3 Å². The van der Waals surface area contributed by atoms with Crippen LogP contribution in [-0.2, 0) is 11.3 Å². The first-order valence-corrected chi connectivity index (χ1v) is 11.0. The minimum atomic E-state index is -0.167. The van der Waals surface area contributed by atoms with Crippen LogP contribution in [0.1, 0.15) is 37.9 Å². The summed E-state index contributed by atoms with van der Waals surface area (Å²) < 4.78 is 1.77. The van der Waals surface area contributed by atoms with Crippen LogP contribution >= 0.6 is 11.6 Å². The van der Waals surface area contributed by atoms with Crippen LogP contribution in [-0.4, -0.2) is 45.8 Å². The summed E-state index contributed by atoms with van der Waals surface area (Å²) in [4.78, 5) is 26.5. The number of rotatable bonds is 6. The first-order valence-electron chi connectivity index (χ1n) is 10.7. The molecule has 2 heterocycles. The van der Waals surface area contributed by atoms with Gasteiger partial charge in [0.15, 0.2) is 0 Å². The lowest BCUT2D eigenvalue weighted by atomic mass is 10.1. The highest BCUT2D eigenvalue weighted by atomic mass is 35.5. The Morgan fingerprint density at radius 1 is 1.23 bits per heavy atom. The van der Waals surface area contributed by atoms with Gasteiger partial charge in [-0.1, -0.05) is 43.6 Å². The predicted molar refractivity (Wildman–Crippen MR) is 124 cm³/mol. The molecule has 166 valence electrons. The molecule has 0 radical (unpaired) electrons. The molecule has 1 aliphatic heterocycles. The topological polar surface area (TPSA) is 79.3 Å². The molecule has 0 aliphatic carbocycles. The monoisotopic (exact) mass is 443 g/mol. The average molecular weight is 444 g/mol. The molecule has 0 bridgehead atoms. The number of carbonyl (C=O) groups excluding carboxylic acids is 2. The highest BCUT2D eigenvalue weighted by molar-refractivity contribution is 6.31. The quantitative estimate of drug-likeness (QED) is 0.652. The van der Waals surface area contributed by atoms with Crippen molar-refractivity contribution in [1.29, 1.82) is 0 Å². The van der Waals surface area contributed by atoms with Gasteiger partial charge < -0.3 is 15.5 Å². The van der Waals surface area contributed by atoms with Crippen molar-refractivity contribution in [2.45, 2.75) is 46.2 Å². The second-order valence-corrected chi connectivity index (χ2v) is 8.62. The van der Waals surface area contributed by atoms with E-state index < -0.39 is 0 Å². The summed E-state index contributed by atoms with van der Waals surface area (Å²) in [6.07, 6.45) is 4.66. The summed E-state index contributed by atoms with van der Waals surface area (Å²) in [6.45, 7) is 8.02. The van der Waals surface area contributed by atoms with E-state index >= 15 is 0 Å². The average Bonchev–Trinajstić information content (AvgIpc) is 2.99. The SMILES string of the molecule is Cc1nn(CC(C)C)c(Cl)c1/C=C/C(=O)NC1CCN(C(=O)Nc2ccccc2)CC1. The molecule has 1 aliphatic rings. The van der Waals surface area contributed by atoms with Crippen LogP contribution in [0.4, 0.5) is 10.5 Å². The van der Waals surface area contributed by atoms with E-state index in [2.05, 4.69) is 29.6 Å². The normalized spacial score (nSPS) is 14.9. The zero-order chi connectivity index (χ0) is 22.4. The summed E-state index contributed by atoms with van der Waals surface area (Å²) in [7, 11) is 0. The van der Waals surface area contributed by atoms with E-state index in [-0.39, 0.29) is 18.0 Å². The van der Waals surface area contributed by atoms with E-state index in [9.17, 15) is 9.59 Å². The van der Waals surface area contributed by atoms with Gasteiger partial charge in [0.25, 0.3) is 0 Å². The summed E-state index contributed by atoms with van der Waals surface area (Å²) >= 11 is 6.43. The lowest BCUT2D eigenvalue weighted by Gasteiger charge is -2.32. The second-order valence-electron chi connectivity index (χ2n) is 8.27. The first-order chi connectivity index (χ1) is 14.8. The van der Waals surface area contributed by atoms with Crippen molar-refractivity contribution in [3.05, 3.63) is 52.8 Å². The van der Waals surface area contributed by atoms with E-state index in [1.165, 1.54) is 6.08 Å². The Labute approximate surface area is 188 Å². The molecule has 0 unspecified atom stereocenters. The summed E-state index contributed by atoms with van der Waals surface area (Å²) in [5.41, 5.74) is 2.34. The third-order valence-electron chi connectivity index (χ3n) is 5.20. The molecule has 1 fully saturated rings. The van der Waals surface area contributed by atoms with Crippen molar-refractivity contribution in [2.24, 2.45) is 5.92 Å². The number of halogens is 1. The molecular weight excluding hydrogens is 414 g/mol. The lowest BCUT2D eigenvalue weighted by Crippen LogP contribution is -2.47. The Kier molecular flexibility index (Phi) is 7.74. The minimum absolute atomic E-state index is 0.0400. The Morgan fingerprint density at radius 2 is 1.90 bits per heavy atom. The van der Waals surface area contributed by atoms with Gasteiger partial charge in [-0.3, -0.25) is 9.48 Å². The molecule has 7 nitrogen and oxygen atoms in total. The Balaban J connectivity index is 1.48. The van der Waals surface area contributed by atoms with Crippen molar-refractivity contribution >= 4 is 35.3 Å². The molecule has 0 spiro atoms. The number of anilines is 1. The molecule has 0 saturated carbocycles. The number of aromatic nitrogens is 2. The van der Waals surface area contributed by atoms with Crippen LogP contribution < -0.4 is 10.6 Å². The highest BCUT2D eigenvalue weighted by Crippen LogP contribution is 2.22. The maximum Gasteiger partial charge on any atom is 0.321 e. The van der Waals surface area contributed by atoms with Crippen LogP contribution in [0.15, 0.2) is 36.4 Å². The van der Waals surface area contributed by atoms with Crippen LogP contribution in [0, 0.1) is 12.8 Å². The van der Waals surface area contributed by atoms with Gasteiger partial charge in [-0.15, -0.1) is 0 Å². The fraction of sp³-hybridized carbons (Fsp3) is 0.435. The van der Waals surface area contributed by atoms with Gasteiger partial charge in [-0.05, 0) is 43.9 Å². The van der Waals surface area contributed by atoms with E-state index in [1.54, 1.807) is 15.7 Å². The van der Waals surface area contributed by atoms with Crippen molar-refractivity contribution in [3.8, 4) is 0 Å². The van der Waals surface area contributed by atoms with Crippen LogP contribution in [0.25, 0.3) is 6.08 Å². The van der Waals surface area contributed by atoms with E-state index in [0.29, 0.717) is 37.0 Å². The number of piperidine rings is 1. The lowest BCUT2D eigenvalue weighted by molar-refractivity contribution is -0.117. The number of aryl methyl sites for hydroxylation is 1. The van der Waals surface area contributed by atoms with Gasteiger partial charge in [-0.25, -0.2) is 4.79 Å². The van der Waals surface area contributed by atoms with Crippen LogP contribution in [0.2, 0.25) is 5.15 Å². The van der Waals surface area contributed by atoms with Crippen LogP contribution in [0.5, 0.6) is 0 Å². The molecular formula is C23H30ClN5O2. The van der Waals surface area contributed by atoms with Gasteiger partial charge in [0.1, 0.15) is 5.15 Å². The van der Waals surface area contributed by atoms with Crippen molar-refractivity contribution in [3.63, 3.8) is 0 Å². The number of para-hydroxylation sites is 1. The molecule has 8 heteroatoms. The molecule has 2 aromatic rings. The molecule has 1 saturated heterocycles. The number of hydrogen-bond acceptors (Lipinski definition) is 3. The molecule has 1 aromatic carbocycles. The molecule has 1 aromatic heterocycles. The zero-order valence-corrected chi connectivity index (χ0v) is 19.0. The van der Waals surface area contributed by atoms with E-state index in [0.717, 1.165) is 23.5 Å². The minimum Gasteiger partial charge on any atom is -0.350 e. The highest BCUT2D eigenvalue weighted by Gasteiger charge is 2.23. The van der Waals surface area contributed by atoms with E-state index in [4.69, 9.17) is 11.6 Å². The van der Waals surface area contributed by atoms with Gasteiger partial charge >= 0.3 is 6.03 Å². The smallest absolute Gasteiger partial charge is 0.321 e. The summed E-state index contributed by atoms with van der Waals surface area (Å²) in [6, 6.07) is 9.32. The predicted octanol–water partition coefficient (Wildman–Crippen LogP) is 4.33. The third-order valence-corrected chi connectivity index (χ3v) is 5.60. The standard InChI is InChI=1S/C23H30ClN5O2/c1-16(2)15-29-22(24)20(17(3)27-29)9-10-21(30)25-19-11-13-28(14-12-19)23(31)26-18-7-5-4-6-8-18/h4-10,16,19H,11-15H2,1-3H3,(H,25,30)(H,26,31)/b10-9+. The Bertz CT molecular complexity index is 931. The number of carbonyl (C=O) groups is 2. The molecule has 31 heavy (non-hydrogen) atoms. The second kappa shape index (κ2) is 10.5. The maximum absolute atomic E-state index is 12.4. The fourth-order valence-corrected chi connectivity index (χ4v) is 3.89. The van der Waals surface area contributed by atoms with Crippen LogP contribution in [0.3, 0.4) is 0 Å². The number of hydrogen-bond donors (Lipinski definition) is 2. The number of likely N-dealkylation sites (tertiary alicyclic amines) is 1. The third kappa shape index (κ3) is 6.34. The molecule has 3 amide bonds. The molecule has 0 atom stereocenters. The fourth-order valence-electron chi connectivity index (χ4n) is 3.58.